The van der Waals surface area contributed by atoms with Crippen molar-refractivity contribution in [3.8, 4) is 11.5 Å². The lowest BCUT2D eigenvalue weighted by atomic mass is 10.1. The van der Waals surface area contributed by atoms with Gasteiger partial charge in [-0.15, -0.1) is 0 Å². The summed E-state index contributed by atoms with van der Waals surface area (Å²) in [6, 6.07) is 18.8. The summed E-state index contributed by atoms with van der Waals surface area (Å²) in [6.45, 7) is 2.37. The van der Waals surface area contributed by atoms with E-state index in [1.54, 1.807) is 48.5 Å². The number of rotatable bonds is 7. The van der Waals surface area contributed by atoms with Crippen LogP contribution < -0.4 is 4.90 Å². The van der Waals surface area contributed by atoms with E-state index in [0.717, 1.165) is 12.0 Å². The third-order valence-electron chi connectivity index (χ3n) is 6.82. The number of hydrogen-bond acceptors (Lipinski definition) is 6. The molecule has 1 amide bonds. The van der Waals surface area contributed by atoms with E-state index in [1.807, 2.05) is 28.0 Å². The van der Waals surface area contributed by atoms with Gasteiger partial charge in [-0.05, 0) is 41.8 Å². The van der Waals surface area contributed by atoms with Gasteiger partial charge >= 0.3 is 6.18 Å². The van der Waals surface area contributed by atoms with E-state index in [2.05, 4.69) is 9.97 Å². The average molecular weight is 583 g/mol. The molecular formula is C30H26ClF3N4O3. The van der Waals surface area contributed by atoms with Crippen LogP contribution in [0.5, 0.6) is 0 Å². The molecule has 7 nitrogen and oxygen atoms in total. The maximum absolute atomic E-state index is 13.6. The van der Waals surface area contributed by atoms with Crippen LogP contribution in [-0.4, -0.2) is 52.7 Å². The predicted molar refractivity (Wildman–Crippen MR) is 148 cm³/mol. The molecule has 3 heterocycles. The summed E-state index contributed by atoms with van der Waals surface area (Å²) in [5, 5.41) is 0.565. The molecule has 0 bridgehead atoms. The highest BCUT2D eigenvalue weighted by atomic mass is 35.5. The zero-order valence-corrected chi connectivity index (χ0v) is 22.7. The van der Waals surface area contributed by atoms with Crippen LogP contribution in [0.3, 0.4) is 0 Å². The molecule has 11 heteroatoms. The van der Waals surface area contributed by atoms with Gasteiger partial charge in [0.05, 0.1) is 6.42 Å². The lowest BCUT2D eigenvalue weighted by Gasteiger charge is -2.23. The average Bonchev–Trinajstić information content (AvgIpc) is 3.29. The van der Waals surface area contributed by atoms with Crippen LogP contribution >= 0.6 is 11.6 Å². The molecule has 1 aliphatic rings. The van der Waals surface area contributed by atoms with Crippen LogP contribution in [0, 0.1) is 0 Å². The third-order valence-corrected chi connectivity index (χ3v) is 7.18. The Morgan fingerprint density at radius 1 is 0.902 bits per heavy atom. The number of Topliss-reactive ketones (excluding diaryl/α,β-unsaturated/α-hetero) is 1. The highest BCUT2D eigenvalue weighted by Gasteiger charge is 2.41. The second-order valence-corrected chi connectivity index (χ2v) is 10.1. The molecule has 0 aliphatic carbocycles. The molecule has 212 valence electrons. The summed E-state index contributed by atoms with van der Waals surface area (Å²) >= 11 is 6.21. The summed E-state index contributed by atoms with van der Waals surface area (Å²) in [6.07, 6.45) is -2.74. The number of anilines is 1. The normalized spacial score (nSPS) is 14.1. The van der Waals surface area contributed by atoms with Gasteiger partial charge in [-0.3, -0.25) is 9.59 Å². The summed E-state index contributed by atoms with van der Waals surface area (Å²) in [7, 11) is 0. The van der Waals surface area contributed by atoms with Crippen molar-refractivity contribution < 1.29 is 27.2 Å². The van der Waals surface area contributed by atoms with Crippen molar-refractivity contribution in [1.82, 2.24) is 14.9 Å². The molecule has 4 aromatic rings. The highest BCUT2D eigenvalue weighted by molar-refractivity contribution is 6.31. The topological polar surface area (TPSA) is 79.5 Å². The predicted octanol–water partition coefficient (Wildman–Crippen LogP) is 6.12. The fourth-order valence-corrected chi connectivity index (χ4v) is 4.90. The second-order valence-electron chi connectivity index (χ2n) is 9.67. The molecule has 0 radical (unpaired) electrons. The summed E-state index contributed by atoms with van der Waals surface area (Å²) in [5.74, 6) is -1.84. The number of alkyl halides is 3. The molecule has 2 aromatic carbocycles. The minimum atomic E-state index is -4.87. The maximum Gasteiger partial charge on any atom is 0.452 e. The monoisotopic (exact) mass is 582 g/mol. The number of halogens is 4. The molecule has 1 aliphatic heterocycles. The van der Waals surface area contributed by atoms with E-state index >= 15 is 0 Å². The zero-order chi connectivity index (χ0) is 29.0. The zero-order valence-electron chi connectivity index (χ0n) is 21.9. The van der Waals surface area contributed by atoms with Crippen molar-refractivity contribution in [2.75, 3.05) is 31.1 Å². The molecule has 0 atom stereocenters. The molecule has 0 N–H and O–H groups in total. The lowest BCUT2D eigenvalue weighted by molar-refractivity contribution is -0.153. The Balaban J connectivity index is 1.23. The van der Waals surface area contributed by atoms with Gasteiger partial charge < -0.3 is 14.2 Å². The van der Waals surface area contributed by atoms with E-state index in [1.165, 1.54) is 6.20 Å². The van der Waals surface area contributed by atoms with E-state index in [9.17, 15) is 22.8 Å². The van der Waals surface area contributed by atoms with Crippen molar-refractivity contribution in [2.24, 2.45) is 0 Å². The number of benzene rings is 2. The summed E-state index contributed by atoms with van der Waals surface area (Å²) < 4.78 is 45.9. The number of amides is 1. The van der Waals surface area contributed by atoms with Crippen molar-refractivity contribution in [3.05, 3.63) is 101 Å². The first-order chi connectivity index (χ1) is 19.7. The van der Waals surface area contributed by atoms with Crippen molar-refractivity contribution >= 4 is 29.1 Å². The SMILES string of the molecule is O=C(Cc1ccc(N2CCCN(C(=O)Cc3ccccc3Cl)CC2)nc1)c1nc(-c2ccccc2)oc1C(F)(F)F. The van der Waals surface area contributed by atoms with Gasteiger partial charge in [0.15, 0.2) is 11.5 Å². The number of ketones is 1. The molecule has 0 saturated carbocycles. The molecule has 1 fully saturated rings. The Morgan fingerprint density at radius 2 is 1.66 bits per heavy atom. The lowest BCUT2D eigenvalue weighted by Crippen LogP contribution is -2.36. The maximum atomic E-state index is 13.6. The van der Waals surface area contributed by atoms with E-state index < -0.39 is 23.4 Å². The van der Waals surface area contributed by atoms with Crippen LogP contribution in [0.2, 0.25) is 5.02 Å². The molecule has 0 spiro atoms. The molecule has 41 heavy (non-hydrogen) atoms. The third kappa shape index (κ3) is 6.77. The van der Waals surface area contributed by atoms with Crippen LogP contribution in [0.1, 0.15) is 33.8 Å². The number of hydrogen-bond donors (Lipinski definition) is 0. The first kappa shape index (κ1) is 28.4. The Bertz CT molecular complexity index is 1520. The Morgan fingerprint density at radius 3 is 2.37 bits per heavy atom. The molecule has 5 rings (SSSR count). The largest absolute Gasteiger partial charge is 0.452 e. The van der Waals surface area contributed by atoms with Gasteiger partial charge in [0.25, 0.3) is 0 Å². The highest BCUT2D eigenvalue weighted by Crippen LogP contribution is 2.35. The quantitative estimate of drug-likeness (QED) is 0.244. The number of pyridine rings is 1. The minimum Gasteiger partial charge on any atom is -0.431 e. The van der Waals surface area contributed by atoms with E-state index in [-0.39, 0.29) is 24.6 Å². The Kier molecular flexibility index (Phi) is 8.39. The Labute approximate surface area is 239 Å². The standard InChI is InChI=1S/C30H26ClF3N4O3/c31-23-10-5-4-9-22(23)18-26(40)38-14-6-13-37(15-16-38)25-12-11-20(19-35-25)17-24(39)27-28(30(32,33)34)41-29(36-27)21-7-2-1-3-8-21/h1-5,7-12,19H,6,13-18H2. The van der Waals surface area contributed by atoms with E-state index in [0.29, 0.717) is 48.1 Å². The van der Waals surface area contributed by atoms with Crippen LogP contribution in [0.4, 0.5) is 19.0 Å². The van der Waals surface area contributed by atoms with Gasteiger partial charge in [-0.1, -0.05) is 54.1 Å². The van der Waals surface area contributed by atoms with Crippen LogP contribution in [0.15, 0.2) is 77.3 Å². The minimum absolute atomic E-state index is 0.00303. The molecule has 2 aromatic heterocycles. The number of carbonyl (C=O) groups is 2. The smallest absolute Gasteiger partial charge is 0.431 e. The first-order valence-electron chi connectivity index (χ1n) is 13.1. The van der Waals surface area contributed by atoms with Gasteiger partial charge in [-0.2, -0.15) is 13.2 Å². The van der Waals surface area contributed by atoms with Crippen molar-refractivity contribution in [1.29, 1.82) is 0 Å². The summed E-state index contributed by atoms with van der Waals surface area (Å²) in [4.78, 5) is 38.0. The number of nitrogens with zero attached hydrogens (tertiary/aromatic N) is 4. The van der Waals surface area contributed by atoms with Crippen molar-refractivity contribution in [3.63, 3.8) is 0 Å². The molecular weight excluding hydrogens is 557 g/mol. The van der Waals surface area contributed by atoms with Crippen LogP contribution in [-0.2, 0) is 23.8 Å². The Hall–Kier alpha value is -4.18. The number of aromatic nitrogens is 2. The fourth-order valence-electron chi connectivity index (χ4n) is 4.70. The molecule has 1 saturated heterocycles. The molecule has 0 unspecified atom stereocenters. The fraction of sp³-hybridized carbons (Fsp3) is 0.267. The van der Waals surface area contributed by atoms with Crippen molar-refractivity contribution in [2.45, 2.75) is 25.4 Å². The van der Waals surface area contributed by atoms with Gasteiger partial charge in [0.2, 0.25) is 17.6 Å². The first-order valence-corrected chi connectivity index (χ1v) is 13.4. The van der Waals surface area contributed by atoms with E-state index in [4.69, 9.17) is 16.0 Å². The van der Waals surface area contributed by atoms with Gasteiger partial charge in [-0.25, -0.2) is 9.97 Å². The van der Waals surface area contributed by atoms with Gasteiger partial charge in [0.1, 0.15) is 5.82 Å². The summed E-state index contributed by atoms with van der Waals surface area (Å²) in [5.41, 5.74) is 0.818. The van der Waals surface area contributed by atoms with Gasteiger partial charge in [0, 0.05) is 49.4 Å². The van der Waals surface area contributed by atoms with Crippen LogP contribution in [0.25, 0.3) is 11.5 Å². The number of carbonyl (C=O) groups excluding carboxylic acids is 2. The second kappa shape index (κ2) is 12.1. The number of oxazole rings is 1.